The van der Waals surface area contributed by atoms with E-state index in [-0.39, 0.29) is 11.9 Å². The standard InChI is InChI=1S/C21H20BrN3O3/c1-27-17-11-7-15(8-12-17)21(26)25-13-3-2-4-18(25)20-23-19(24-28-20)14-5-9-16(22)10-6-14/h5-12,18H,2-4,13H2,1H3. The third-order valence-corrected chi connectivity index (χ3v) is 5.46. The molecule has 144 valence electrons. The van der Waals surface area contributed by atoms with Crippen molar-refractivity contribution in [1.82, 2.24) is 15.0 Å². The van der Waals surface area contributed by atoms with Gasteiger partial charge < -0.3 is 14.2 Å². The Morgan fingerprint density at radius 2 is 1.89 bits per heavy atom. The summed E-state index contributed by atoms with van der Waals surface area (Å²) in [4.78, 5) is 19.5. The summed E-state index contributed by atoms with van der Waals surface area (Å²) in [6.07, 6.45) is 2.79. The van der Waals surface area contributed by atoms with E-state index in [1.807, 2.05) is 29.2 Å². The third-order valence-electron chi connectivity index (χ3n) is 4.93. The molecule has 1 aliphatic rings. The number of aromatic nitrogens is 2. The van der Waals surface area contributed by atoms with E-state index in [0.717, 1.165) is 35.0 Å². The number of halogens is 1. The van der Waals surface area contributed by atoms with E-state index in [4.69, 9.17) is 9.26 Å². The Labute approximate surface area is 171 Å². The molecule has 1 aliphatic heterocycles. The highest BCUT2D eigenvalue weighted by molar-refractivity contribution is 9.10. The van der Waals surface area contributed by atoms with Crippen LogP contribution in [0.4, 0.5) is 0 Å². The summed E-state index contributed by atoms with van der Waals surface area (Å²) < 4.78 is 11.7. The molecule has 0 radical (unpaired) electrons. The number of methoxy groups -OCH3 is 1. The number of likely N-dealkylation sites (tertiary alicyclic amines) is 1. The van der Waals surface area contributed by atoms with Crippen LogP contribution in [0.5, 0.6) is 5.75 Å². The van der Waals surface area contributed by atoms with Crippen LogP contribution in [-0.2, 0) is 0 Å². The number of amides is 1. The van der Waals surface area contributed by atoms with Crippen LogP contribution < -0.4 is 4.74 Å². The van der Waals surface area contributed by atoms with Crippen LogP contribution in [0, 0.1) is 0 Å². The fourth-order valence-corrected chi connectivity index (χ4v) is 3.68. The van der Waals surface area contributed by atoms with Crippen LogP contribution in [0.15, 0.2) is 57.5 Å². The quantitative estimate of drug-likeness (QED) is 0.577. The minimum atomic E-state index is -0.208. The van der Waals surface area contributed by atoms with Gasteiger partial charge >= 0.3 is 0 Å². The van der Waals surface area contributed by atoms with Gasteiger partial charge in [-0.25, -0.2) is 0 Å². The van der Waals surface area contributed by atoms with Crippen molar-refractivity contribution in [3.8, 4) is 17.1 Å². The number of hydrogen-bond acceptors (Lipinski definition) is 5. The Morgan fingerprint density at radius 1 is 1.14 bits per heavy atom. The molecule has 2 heterocycles. The smallest absolute Gasteiger partial charge is 0.254 e. The van der Waals surface area contributed by atoms with E-state index in [0.29, 0.717) is 23.8 Å². The van der Waals surface area contributed by atoms with Gasteiger partial charge in [-0.3, -0.25) is 4.79 Å². The first-order valence-corrected chi connectivity index (χ1v) is 9.99. The lowest BCUT2D eigenvalue weighted by molar-refractivity contribution is 0.0561. The van der Waals surface area contributed by atoms with E-state index in [1.165, 1.54) is 0 Å². The number of carbonyl (C=O) groups is 1. The van der Waals surface area contributed by atoms with E-state index >= 15 is 0 Å². The molecule has 0 N–H and O–H groups in total. The molecular formula is C21H20BrN3O3. The third kappa shape index (κ3) is 3.80. The second-order valence-electron chi connectivity index (χ2n) is 6.70. The molecule has 0 saturated carbocycles. The molecule has 0 aliphatic carbocycles. The first kappa shape index (κ1) is 18.7. The van der Waals surface area contributed by atoms with E-state index < -0.39 is 0 Å². The van der Waals surface area contributed by atoms with Crippen LogP contribution in [0.3, 0.4) is 0 Å². The maximum absolute atomic E-state index is 13.1. The highest BCUT2D eigenvalue weighted by Gasteiger charge is 2.32. The zero-order valence-corrected chi connectivity index (χ0v) is 17.1. The van der Waals surface area contributed by atoms with Crippen LogP contribution in [0.1, 0.15) is 41.6 Å². The molecule has 1 fully saturated rings. The number of carbonyl (C=O) groups excluding carboxylic acids is 1. The predicted molar refractivity (Wildman–Crippen MR) is 108 cm³/mol. The fourth-order valence-electron chi connectivity index (χ4n) is 3.42. The van der Waals surface area contributed by atoms with Gasteiger partial charge in [0.1, 0.15) is 11.8 Å². The summed E-state index contributed by atoms with van der Waals surface area (Å²) in [7, 11) is 1.61. The molecular weight excluding hydrogens is 422 g/mol. The van der Waals surface area contributed by atoms with Crippen molar-refractivity contribution in [3.63, 3.8) is 0 Å². The highest BCUT2D eigenvalue weighted by Crippen LogP contribution is 2.32. The highest BCUT2D eigenvalue weighted by atomic mass is 79.9. The summed E-state index contributed by atoms with van der Waals surface area (Å²) in [5, 5.41) is 4.12. The summed E-state index contributed by atoms with van der Waals surface area (Å²) >= 11 is 3.42. The Hall–Kier alpha value is -2.67. The molecule has 1 unspecified atom stereocenters. The molecule has 4 rings (SSSR count). The van der Waals surface area contributed by atoms with Crippen molar-refractivity contribution in [2.24, 2.45) is 0 Å². The van der Waals surface area contributed by atoms with E-state index in [2.05, 4.69) is 26.1 Å². The fraction of sp³-hybridized carbons (Fsp3) is 0.286. The Kier molecular flexibility index (Phi) is 5.43. The van der Waals surface area contributed by atoms with Gasteiger partial charge in [-0.2, -0.15) is 4.98 Å². The molecule has 1 atom stereocenters. The maximum atomic E-state index is 13.1. The van der Waals surface area contributed by atoms with Gasteiger partial charge in [-0.05, 0) is 67.8 Å². The SMILES string of the molecule is COc1ccc(C(=O)N2CCCCC2c2nc(-c3ccc(Br)cc3)no2)cc1. The maximum Gasteiger partial charge on any atom is 0.254 e. The summed E-state index contributed by atoms with van der Waals surface area (Å²) in [6, 6.07) is 14.7. The first-order chi connectivity index (χ1) is 13.7. The van der Waals surface area contributed by atoms with Gasteiger partial charge in [0.2, 0.25) is 11.7 Å². The largest absolute Gasteiger partial charge is 0.497 e. The molecule has 1 amide bonds. The average Bonchev–Trinajstić information content (AvgIpc) is 3.24. The minimum Gasteiger partial charge on any atom is -0.497 e. The molecule has 1 saturated heterocycles. The van der Waals surface area contributed by atoms with Crippen molar-refractivity contribution >= 4 is 21.8 Å². The lowest BCUT2D eigenvalue weighted by Gasteiger charge is -2.33. The summed E-state index contributed by atoms with van der Waals surface area (Å²) in [6.45, 7) is 0.672. The average molecular weight is 442 g/mol. The number of nitrogens with zero attached hydrogens (tertiary/aromatic N) is 3. The van der Waals surface area contributed by atoms with Gasteiger partial charge in [-0.15, -0.1) is 0 Å². The zero-order valence-electron chi connectivity index (χ0n) is 15.5. The molecule has 2 aromatic carbocycles. The molecule has 28 heavy (non-hydrogen) atoms. The van der Waals surface area contributed by atoms with Gasteiger partial charge in [0.15, 0.2) is 0 Å². The summed E-state index contributed by atoms with van der Waals surface area (Å²) in [5.74, 6) is 1.71. The molecule has 7 heteroatoms. The Morgan fingerprint density at radius 3 is 2.61 bits per heavy atom. The second-order valence-corrected chi connectivity index (χ2v) is 7.62. The van der Waals surface area contributed by atoms with E-state index in [9.17, 15) is 4.79 Å². The van der Waals surface area contributed by atoms with Crippen molar-refractivity contribution < 1.29 is 14.1 Å². The van der Waals surface area contributed by atoms with Crippen molar-refractivity contribution in [1.29, 1.82) is 0 Å². The number of piperidine rings is 1. The predicted octanol–water partition coefficient (Wildman–Crippen LogP) is 4.88. The lowest BCUT2D eigenvalue weighted by Crippen LogP contribution is -2.38. The number of ether oxygens (including phenoxy) is 1. The molecule has 6 nitrogen and oxygen atoms in total. The topological polar surface area (TPSA) is 68.5 Å². The van der Waals surface area contributed by atoms with Crippen molar-refractivity contribution in [2.75, 3.05) is 13.7 Å². The molecule has 0 bridgehead atoms. The van der Waals surface area contributed by atoms with Crippen LogP contribution in [0.2, 0.25) is 0 Å². The molecule has 3 aromatic rings. The number of rotatable bonds is 4. The Bertz CT molecular complexity index is 954. The minimum absolute atomic E-state index is 0.0317. The number of benzene rings is 2. The monoisotopic (exact) mass is 441 g/mol. The zero-order chi connectivity index (χ0) is 19.5. The number of hydrogen-bond donors (Lipinski definition) is 0. The second kappa shape index (κ2) is 8.14. The molecule has 1 aromatic heterocycles. The van der Waals surface area contributed by atoms with Crippen LogP contribution >= 0.6 is 15.9 Å². The van der Waals surface area contributed by atoms with Crippen molar-refractivity contribution in [3.05, 3.63) is 64.5 Å². The van der Waals surface area contributed by atoms with Crippen LogP contribution in [0.25, 0.3) is 11.4 Å². The summed E-state index contributed by atoms with van der Waals surface area (Å²) in [5.41, 5.74) is 1.50. The normalized spacial score (nSPS) is 16.8. The van der Waals surface area contributed by atoms with Gasteiger partial charge in [-0.1, -0.05) is 21.1 Å². The Balaban J connectivity index is 1.58. The van der Waals surface area contributed by atoms with E-state index in [1.54, 1.807) is 31.4 Å². The van der Waals surface area contributed by atoms with Gasteiger partial charge in [0.25, 0.3) is 5.91 Å². The molecule has 0 spiro atoms. The van der Waals surface area contributed by atoms with Crippen LogP contribution in [-0.4, -0.2) is 34.6 Å². The van der Waals surface area contributed by atoms with Gasteiger partial charge in [0.05, 0.1) is 7.11 Å². The van der Waals surface area contributed by atoms with Gasteiger partial charge in [0, 0.05) is 22.1 Å². The first-order valence-electron chi connectivity index (χ1n) is 9.20. The van der Waals surface area contributed by atoms with Crippen molar-refractivity contribution in [2.45, 2.75) is 25.3 Å². The lowest BCUT2D eigenvalue weighted by atomic mass is 10.0.